The molecule has 0 amide bonds. The van der Waals surface area contributed by atoms with E-state index in [0.29, 0.717) is 18.4 Å². The number of rotatable bonds is 4. The van der Waals surface area contributed by atoms with Crippen molar-refractivity contribution in [3.05, 3.63) is 35.9 Å². The van der Waals surface area contributed by atoms with Gasteiger partial charge in [0.05, 0.1) is 11.5 Å². The van der Waals surface area contributed by atoms with Gasteiger partial charge < -0.3 is 9.47 Å². The average molecular weight is 262 g/mol. The van der Waals surface area contributed by atoms with Crippen LogP contribution in [0.25, 0.3) is 0 Å². The third-order valence-electron chi connectivity index (χ3n) is 3.34. The van der Waals surface area contributed by atoms with Gasteiger partial charge in [0.1, 0.15) is 12.2 Å². The van der Waals surface area contributed by atoms with Gasteiger partial charge in [0.15, 0.2) is 0 Å². The first-order valence-electron chi connectivity index (χ1n) is 6.58. The lowest BCUT2D eigenvalue weighted by Gasteiger charge is -2.21. The molecule has 4 nitrogen and oxygen atoms in total. The summed E-state index contributed by atoms with van der Waals surface area (Å²) >= 11 is 0. The van der Waals surface area contributed by atoms with Gasteiger partial charge in [-0.3, -0.25) is 4.79 Å². The number of esters is 2. The molecule has 1 aliphatic rings. The standard InChI is InChI=1S/C15H18O4/c1-3-12(13-9-10(2)14(16)19-13)18-15(17)11-7-5-4-6-8-11/h4-8,10,12-13H,3,9H2,1-2H3/t10-,12+,13+/m1/s1. The van der Waals surface area contributed by atoms with Crippen LogP contribution in [0, 0.1) is 5.92 Å². The predicted octanol–water partition coefficient (Wildman–Crippen LogP) is 2.57. The van der Waals surface area contributed by atoms with E-state index in [1.807, 2.05) is 19.9 Å². The fourth-order valence-electron chi connectivity index (χ4n) is 2.19. The minimum atomic E-state index is -0.374. The van der Waals surface area contributed by atoms with Crippen molar-refractivity contribution in [1.29, 1.82) is 0 Å². The first-order chi connectivity index (χ1) is 9.11. The predicted molar refractivity (Wildman–Crippen MR) is 69.6 cm³/mol. The van der Waals surface area contributed by atoms with Crippen molar-refractivity contribution in [1.82, 2.24) is 0 Å². The van der Waals surface area contributed by atoms with Gasteiger partial charge in [-0.15, -0.1) is 0 Å². The molecule has 0 radical (unpaired) electrons. The topological polar surface area (TPSA) is 52.6 Å². The molecule has 19 heavy (non-hydrogen) atoms. The first-order valence-corrected chi connectivity index (χ1v) is 6.58. The number of hydrogen-bond donors (Lipinski definition) is 0. The van der Waals surface area contributed by atoms with Crippen LogP contribution in [-0.4, -0.2) is 24.1 Å². The van der Waals surface area contributed by atoms with Crippen molar-refractivity contribution < 1.29 is 19.1 Å². The molecular weight excluding hydrogens is 244 g/mol. The third-order valence-corrected chi connectivity index (χ3v) is 3.34. The SMILES string of the molecule is CC[C@H](OC(=O)c1ccccc1)[C@@H]1C[C@@H](C)C(=O)O1. The largest absolute Gasteiger partial charge is 0.458 e. The molecule has 0 spiro atoms. The normalized spacial score (nSPS) is 23.8. The zero-order valence-electron chi connectivity index (χ0n) is 11.2. The second kappa shape index (κ2) is 5.87. The minimum absolute atomic E-state index is 0.116. The molecule has 1 heterocycles. The van der Waals surface area contributed by atoms with Gasteiger partial charge >= 0.3 is 11.9 Å². The van der Waals surface area contributed by atoms with Crippen LogP contribution in [0.3, 0.4) is 0 Å². The molecule has 4 heteroatoms. The molecule has 3 atom stereocenters. The maximum atomic E-state index is 12.0. The molecule has 1 aromatic carbocycles. The highest BCUT2D eigenvalue weighted by atomic mass is 16.6. The third kappa shape index (κ3) is 3.13. The van der Waals surface area contributed by atoms with Crippen molar-refractivity contribution in [3.8, 4) is 0 Å². The summed E-state index contributed by atoms with van der Waals surface area (Å²) in [5, 5.41) is 0. The Bertz CT molecular complexity index is 454. The quantitative estimate of drug-likeness (QED) is 0.782. The highest BCUT2D eigenvalue weighted by Gasteiger charge is 2.37. The molecule has 0 aliphatic carbocycles. The second-order valence-electron chi connectivity index (χ2n) is 4.83. The van der Waals surface area contributed by atoms with Crippen LogP contribution in [0.4, 0.5) is 0 Å². The summed E-state index contributed by atoms with van der Waals surface area (Å²) in [4.78, 5) is 23.4. The summed E-state index contributed by atoms with van der Waals surface area (Å²) in [6.45, 7) is 3.74. The molecule has 0 saturated carbocycles. The van der Waals surface area contributed by atoms with Crippen molar-refractivity contribution >= 4 is 11.9 Å². The smallest absolute Gasteiger partial charge is 0.338 e. The van der Waals surface area contributed by atoms with Crippen molar-refractivity contribution in [3.63, 3.8) is 0 Å². The van der Waals surface area contributed by atoms with E-state index >= 15 is 0 Å². The Morgan fingerprint density at radius 3 is 2.63 bits per heavy atom. The lowest BCUT2D eigenvalue weighted by atomic mass is 10.0. The summed E-state index contributed by atoms with van der Waals surface area (Å²) in [6.07, 6.45) is 0.546. The van der Waals surface area contributed by atoms with E-state index in [-0.39, 0.29) is 30.1 Å². The van der Waals surface area contributed by atoms with E-state index in [1.54, 1.807) is 24.3 Å². The molecule has 0 aromatic heterocycles. The van der Waals surface area contributed by atoms with E-state index in [1.165, 1.54) is 0 Å². The van der Waals surface area contributed by atoms with Crippen LogP contribution >= 0.6 is 0 Å². The Morgan fingerprint density at radius 1 is 1.42 bits per heavy atom. The molecule has 0 N–H and O–H groups in total. The molecule has 0 unspecified atom stereocenters. The van der Waals surface area contributed by atoms with Crippen LogP contribution in [0.2, 0.25) is 0 Å². The lowest BCUT2D eigenvalue weighted by Crippen LogP contribution is -2.30. The minimum Gasteiger partial charge on any atom is -0.458 e. The van der Waals surface area contributed by atoms with E-state index in [9.17, 15) is 9.59 Å². The van der Waals surface area contributed by atoms with E-state index < -0.39 is 0 Å². The number of benzene rings is 1. The van der Waals surface area contributed by atoms with Gasteiger partial charge in [-0.1, -0.05) is 32.0 Å². The number of cyclic esters (lactones) is 1. The molecule has 2 rings (SSSR count). The van der Waals surface area contributed by atoms with Crippen molar-refractivity contribution in [2.24, 2.45) is 5.92 Å². The number of ether oxygens (including phenoxy) is 2. The van der Waals surface area contributed by atoms with E-state index in [4.69, 9.17) is 9.47 Å². The fourth-order valence-corrected chi connectivity index (χ4v) is 2.19. The van der Waals surface area contributed by atoms with Crippen LogP contribution in [0.5, 0.6) is 0 Å². The molecule has 1 aliphatic heterocycles. The highest BCUT2D eigenvalue weighted by molar-refractivity contribution is 5.89. The van der Waals surface area contributed by atoms with Gasteiger partial charge in [-0.05, 0) is 18.6 Å². The van der Waals surface area contributed by atoms with Crippen LogP contribution in [-0.2, 0) is 14.3 Å². The molecule has 1 aromatic rings. The average Bonchev–Trinajstić information content (AvgIpc) is 2.76. The summed E-state index contributed by atoms with van der Waals surface area (Å²) in [7, 11) is 0. The summed E-state index contributed by atoms with van der Waals surface area (Å²) in [5.74, 6) is -0.697. The fraction of sp³-hybridized carbons (Fsp3) is 0.467. The Hall–Kier alpha value is -1.84. The highest BCUT2D eigenvalue weighted by Crippen LogP contribution is 2.26. The van der Waals surface area contributed by atoms with Crippen LogP contribution < -0.4 is 0 Å². The first kappa shape index (κ1) is 13.6. The van der Waals surface area contributed by atoms with Crippen LogP contribution in [0.1, 0.15) is 37.0 Å². The number of carbonyl (C=O) groups is 2. The van der Waals surface area contributed by atoms with Gasteiger partial charge in [-0.25, -0.2) is 4.79 Å². The van der Waals surface area contributed by atoms with Gasteiger partial charge in [0, 0.05) is 6.42 Å². The van der Waals surface area contributed by atoms with Gasteiger partial charge in [0.2, 0.25) is 0 Å². The second-order valence-corrected chi connectivity index (χ2v) is 4.83. The van der Waals surface area contributed by atoms with E-state index in [0.717, 1.165) is 0 Å². The summed E-state index contributed by atoms with van der Waals surface area (Å²) in [5.41, 5.74) is 0.512. The number of hydrogen-bond acceptors (Lipinski definition) is 4. The Balaban J connectivity index is 2.00. The van der Waals surface area contributed by atoms with Crippen molar-refractivity contribution in [2.75, 3.05) is 0 Å². The Morgan fingerprint density at radius 2 is 2.11 bits per heavy atom. The maximum absolute atomic E-state index is 12.0. The number of carbonyl (C=O) groups excluding carboxylic acids is 2. The molecule has 0 bridgehead atoms. The summed E-state index contributed by atoms with van der Waals surface area (Å²) in [6, 6.07) is 8.83. The van der Waals surface area contributed by atoms with Crippen LogP contribution in [0.15, 0.2) is 30.3 Å². The Labute approximate surface area is 112 Å². The Kier molecular flexibility index (Phi) is 4.20. The molecule has 1 fully saturated rings. The lowest BCUT2D eigenvalue weighted by molar-refractivity contribution is -0.147. The van der Waals surface area contributed by atoms with Gasteiger partial charge in [-0.2, -0.15) is 0 Å². The summed E-state index contributed by atoms with van der Waals surface area (Å²) < 4.78 is 10.7. The zero-order chi connectivity index (χ0) is 13.8. The maximum Gasteiger partial charge on any atom is 0.338 e. The van der Waals surface area contributed by atoms with Crippen molar-refractivity contribution in [2.45, 2.75) is 38.9 Å². The molecular formula is C15H18O4. The van der Waals surface area contributed by atoms with E-state index in [2.05, 4.69) is 0 Å². The zero-order valence-corrected chi connectivity index (χ0v) is 11.2. The monoisotopic (exact) mass is 262 g/mol. The molecule has 1 saturated heterocycles. The molecule has 102 valence electrons. The van der Waals surface area contributed by atoms with Gasteiger partial charge in [0.25, 0.3) is 0 Å².